The zero-order chi connectivity index (χ0) is 24.2. The molecule has 1 saturated heterocycles. The fraction of sp³-hybridized carbons (Fsp3) is 0.207. The van der Waals surface area contributed by atoms with Gasteiger partial charge in [0.2, 0.25) is 0 Å². The van der Waals surface area contributed by atoms with Gasteiger partial charge in [0.25, 0.3) is 0 Å². The Balaban J connectivity index is 1.23. The lowest BCUT2D eigenvalue weighted by atomic mass is 10.0. The Labute approximate surface area is 210 Å². The molecule has 0 saturated carbocycles. The summed E-state index contributed by atoms with van der Waals surface area (Å²) in [6.07, 6.45) is 6.42. The van der Waals surface area contributed by atoms with E-state index in [4.69, 9.17) is 0 Å². The zero-order valence-corrected chi connectivity index (χ0v) is 20.1. The minimum absolute atomic E-state index is 0.0230. The van der Waals surface area contributed by atoms with Crippen LogP contribution < -0.4 is 0 Å². The summed E-state index contributed by atoms with van der Waals surface area (Å²) in [5.74, 6) is 0.841. The van der Waals surface area contributed by atoms with E-state index in [1.54, 1.807) is 0 Å². The molecule has 1 aliphatic rings. The van der Waals surface area contributed by atoms with Crippen LogP contribution in [0.25, 0.3) is 22.7 Å². The number of H-pyrrole nitrogens is 1. The van der Waals surface area contributed by atoms with E-state index >= 15 is 0 Å². The Kier molecular flexibility index (Phi) is 6.39. The molecule has 1 atom stereocenters. The van der Waals surface area contributed by atoms with Crippen molar-refractivity contribution in [2.24, 2.45) is 0 Å². The van der Waals surface area contributed by atoms with E-state index in [2.05, 4.69) is 127 Å². The molecule has 180 valence electrons. The molecule has 3 heterocycles. The molecule has 3 aromatic carbocycles. The van der Waals surface area contributed by atoms with Crippen LogP contribution in [0.15, 0.2) is 97.2 Å². The highest BCUT2D eigenvalue weighted by molar-refractivity contribution is 5.81. The largest absolute Gasteiger partial charge is 0.361 e. The molecular formula is C29H29N7. The van der Waals surface area contributed by atoms with Crippen molar-refractivity contribution in [1.82, 2.24) is 35.0 Å². The van der Waals surface area contributed by atoms with Crippen LogP contribution in [-0.4, -0.2) is 67.7 Å². The minimum Gasteiger partial charge on any atom is -0.361 e. The molecule has 5 aromatic rings. The minimum atomic E-state index is -0.0230. The number of benzene rings is 3. The first-order valence-electron chi connectivity index (χ1n) is 12.4. The quantitative estimate of drug-likeness (QED) is 0.374. The van der Waals surface area contributed by atoms with E-state index < -0.39 is 0 Å². The van der Waals surface area contributed by atoms with Gasteiger partial charge in [0, 0.05) is 49.8 Å². The van der Waals surface area contributed by atoms with Crippen molar-refractivity contribution in [3.63, 3.8) is 0 Å². The predicted octanol–water partition coefficient (Wildman–Crippen LogP) is 4.56. The second-order valence-electron chi connectivity index (χ2n) is 9.16. The Hall–Kier alpha value is -4.07. The maximum atomic E-state index is 4.54. The number of aromatic nitrogens is 5. The van der Waals surface area contributed by atoms with Gasteiger partial charge in [-0.05, 0) is 45.8 Å². The third kappa shape index (κ3) is 4.71. The van der Waals surface area contributed by atoms with Gasteiger partial charge in [-0.1, -0.05) is 72.8 Å². The van der Waals surface area contributed by atoms with Crippen molar-refractivity contribution in [2.75, 3.05) is 32.7 Å². The second kappa shape index (κ2) is 10.3. The lowest BCUT2D eigenvalue weighted by Crippen LogP contribution is -2.48. The molecule has 0 bridgehead atoms. The monoisotopic (exact) mass is 475 g/mol. The Morgan fingerprint density at radius 3 is 2.44 bits per heavy atom. The van der Waals surface area contributed by atoms with Gasteiger partial charge in [-0.2, -0.15) is 4.68 Å². The lowest BCUT2D eigenvalue weighted by molar-refractivity contribution is 0.113. The van der Waals surface area contributed by atoms with Crippen LogP contribution in [0.2, 0.25) is 0 Å². The molecule has 2 aromatic heterocycles. The van der Waals surface area contributed by atoms with Gasteiger partial charge in [0.15, 0.2) is 5.82 Å². The Morgan fingerprint density at radius 1 is 0.861 bits per heavy atom. The molecule has 1 N–H and O–H groups in total. The average molecular weight is 476 g/mol. The van der Waals surface area contributed by atoms with Crippen LogP contribution >= 0.6 is 0 Å². The molecule has 0 aliphatic carbocycles. The first-order valence-corrected chi connectivity index (χ1v) is 12.4. The molecular weight excluding hydrogens is 446 g/mol. The van der Waals surface area contributed by atoms with Gasteiger partial charge >= 0.3 is 0 Å². The van der Waals surface area contributed by atoms with Gasteiger partial charge in [-0.3, -0.25) is 9.80 Å². The standard InChI is InChI=1S/C29H29N7/c1-3-8-23(9-4-1)10-7-17-34-18-20-35(21-19-34)28(24-11-5-2-6-12-24)29-31-32-33-36(29)26-13-14-27-25(22-26)15-16-30-27/h1-16,22,28,30H,17-21H2/b10-7+/t28-/m1/s1. The molecule has 7 heteroatoms. The summed E-state index contributed by atoms with van der Waals surface area (Å²) in [7, 11) is 0. The number of tetrazole rings is 1. The summed E-state index contributed by atoms with van der Waals surface area (Å²) in [5, 5.41) is 14.2. The molecule has 0 spiro atoms. The Morgan fingerprint density at radius 2 is 1.64 bits per heavy atom. The molecule has 0 radical (unpaired) electrons. The van der Waals surface area contributed by atoms with Gasteiger partial charge in [0.1, 0.15) is 0 Å². The van der Waals surface area contributed by atoms with Crippen molar-refractivity contribution in [1.29, 1.82) is 0 Å². The highest BCUT2D eigenvalue weighted by atomic mass is 15.6. The normalized spacial score (nSPS) is 16.1. The highest BCUT2D eigenvalue weighted by Crippen LogP contribution is 2.30. The number of aromatic amines is 1. The summed E-state index contributed by atoms with van der Waals surface area (Å²) in [5.41, 5.74) is 4.51. The van der Waals surface area contributed by atoms with E-state index in [0.29, 0.717) is 0 Å². The smallest absolute Gasteiger partial charge is 0.178 e. The van der Waals surface area contributed by atoms with Gasteiger partial charge in [-0.15, -0.1) is 5.10 Å². The van der Waals surface area contributed by atoms with Crippen molar-refractivity contribution < 1.29 is 0 Å². The van der Waals surface area contributed by atoms with Crippen LogP contribution in [0.4, 0.5) is 0 Å². The topological polar surface area (TPSA) is 65.9 Å². The molecule has 1 fully saturated rings. The molecule has 7 nitrogen and oxygen atoms in total. The Bertz CT molecular complexity index is 1430. The average Bonchev–Trinajstić information content (AvgIpc) is 3.60. The number of hydrogen-bond acceptors (Lipinski definition) is 5. The van der Waals surface area contributed by atoms with E-state index in [1.165, 1.54) is 11.1 Å². The number of nitrogens with one attached hydrogen (secondary N) is 1. The molecule has 1 aliphatic heterocycles. The number of nitrogens with zero attached hydrogens (tertiary/aromatic N) is 6. The summed E-state index contributed by atoms with van der Waals surface area (Å²) in [6.45, 7) is 4.84. The van der Waals surface area contributed by atoms with Crippen molar-refractivity contribution in [3.05, 3.63) is 114 Å². The predicted molar refractivity (Wildman–Crippen MR) is 143 cm³/mol. The third-order valence-corrected chi connectivity index (χ3v) is 6.88. The van der Waals surface area contributed by atoms with Crippen LogP contribution in [0, 0.1) is 0 Å². The highest BCUT2D eigenvalue weighted by Gasteiger charge is 2.30. The SMILES string of the molecule is C(=C\c1ccccc1)/CN1CCN([C@H](c2ccccc2)c2nnnn2-c2ccc3[nH]ccc3c2)CC1. The summed E-state index contributed by atoms with van der Waals surface area (Å²) in [6, 6.07) is 29.4. The van der Waals surface area contributed by atoms with Crippen molar-refractivity contribution in [2.45, 2.75) is 6.04 Å². The number of rotatable bonds is 7. The molecule has 0 unspecified atom stereocenters. The maximum absolute atomic E-state index is 4.54. The van der Waals surface area contributed by atoms with E-state index in [0.717, 1.165) is 55.1 Å². The van der Waals surface area contributed by atoms with Gasteiger partial charge in [0.05, 0.1) is 11.7 Å². The van der Waals surface area contributed by atoms with Crippen molar-refractivity contribution >= 4 is 17.0 Å². The van der Waals surface area contributed by atoms with Crippen LogP contribution in [0.5, 0.6) is 0 Å². The number of hydrogen-bond donors (Lipinski definition) is 1. The fourth-order valence-electron chi connectivity index (χ4n) is 4.99. The first-order chi connectivity index (χ1) is 17.8. The molecule has 6 rings (SSSR count). The number of fused-ring (bicyclic) bond motifs is 1. The summed E-state index contributed by atoms with van der Waals surface area (Å²) < 4.78 is 1.89. The molecule has 0 amide bonds. The second-order valence-corrected chi connectivity index (χ2v) is 9.16. The van der Waals surface area contributed by atoms with E-state index in [-0.39, 0.29) is 6.04 Å². The zero-order valence-electron chi connectivity index (χ0n) is 20.1. The summed E-state index contributed by atoms with van der Waals surface area (Å²) in [4.78, 5) is 8.26. The third-order valence-electron chi connectivity index (χ3n) is 6.88. The maximum Gasteiger partial charge on any atom is 0.178 e. The molecule has 36 heavy (non-hydrogen) atoms. The van der Waals surface area contributed by atoms with E-state index in [1.807, 2.05) is 10.9 Å². The van der Waals surface area contributed by atoms with Crippen molar-refractivity contribution in [3.8, 4) is 5.69 Å². The van der Waals surface area contributed by atoms with Crippen LogP contribution in [0.1, 0.15) is 23.0 Å². The van der Waals surface area contributed by atoms with Gasteiger partial charge in [-0.25, -0.2) is 0 Å². The fourth-order valence-corrected chi connectivity index (χ4v) is 4.99. The summed E-state index contributed by atoms with van der Waals surface area (Å²) >= 11 is 0. The van der Waals surface area contributed by atoms with Gasteiger partial charge < -0.3 is 4.98 Å². The van der Waals surface area contributed by atoms with Crippen LogP contribution in [0.3, 0.4) is 0 Å². The lowest BCUT2D eigenvalue weighted by Gasteiger charge is -2.38. The number of piperazine rings is 1. The first kappa shape index (κ1) is 22.4. The van der Waals surface area contributed by atoms with Crippen LogP contribution in [-0.2, 0) is 0 Å². The van der Waals surface area contributed by atoms with E-state index in [9.17, 15) is 0 Å².